The Morgan fingerprint density at radius 3 is 2.61 bits per heavy atom. The van der Waals surface area contributed by atoms with Crippen molar-refractivity contribution in [2.75, 3.05) is 27.2 Å². The topological polar surface area (TPSA) is 36.4 Å². The monoisotopic (exact) mass is 373 g/mol. The van der Waals surface area contributed by atoms with E-state index in [0.29, 0.717) is 6.04 Å². The third-order valence-corrected chi connectivity index (χ3v) is 5.71. The fraction of sp³-hybridized carbons (Fsp3) is 0.333. The Kier molecular flexibility index (Phi) is 5.14. The predicted molar refractivity (Wildman–Crippen MR) is 115 cm³/mol. The van der Waals surface area contributed by atoms with E-state index in [2.05, 4.69) is 50.2 Å². The number of likely N-dealkylation sites (tertiary alicyclic amines) is 1. The van der Waals surface area contributed by atoms with Crippen LogP contribution in [0.1, 0.15) is 28.8 Å². The van der Waals surface area contributed by atoms with Crippen molar-refractivity contribution in [1.29, 1.82) is 0 Å². The van der Waals surface area contributed by atoms with Gasteiger partial charge in [0.05, 0.1) is 16.8 Å². The average Bonchev–Trinajstić information content (AvgIpc) is 2.73. The van der Waals surface area contributed by atoms with Gasteiger partial charge in [-0.05, 0) is 46.0 Å². The van der Waals surface area contributed by atoms with Gasteiger partial charge in [-0.3, -0.25) is 4.79 Å². The van der Waals surface area contributed by atoms with E-state index in [1.165, 1.54) is 5.56 Å². The lowest BCUT2D eigenvalue weighted by Gasteiger charge is -2.36. The molecular weight excluding hydrogens is 346 g/mol. The number of aryl methyl sites for hydroxylation is 1. The maximum atomic E-state index is 13.5. The molecule has 0 aliphatic carbocycles. The van der Waals surface area contributed by atoms with Gasteiger partial charge >= 0.3 is 0 Å². The SMILES string of the molecule is Cc1ccc(-c2cc(C(=O)N3CCCC(N(C)C)C3)c3ccccc3n2)cc1. The number of hydrogen-bond acceptors (Lipinski definition) is 3. The Morgan fingerprint density at radius 2 is 1.86 bits per heavy atom. The minimum Gasteiger partial charge on any atom is -0.337 e. The summed E-state index contributed by atoms with van der Waals surface area (Å²) in [7, 11) is 4.19. The molecule has 0 radical (unpaired) electrons. The van der Waals surface area contributed by atoms with E-state index in [1.807, 2.05) is 35.2 Å². The summed E-state index contributed by atoms with van der Waals surface area (Å²) in [6, 6.07) is 18.6. The van der Waals surface area contributed by atoms with Crippen molar-refractivity contribution >= 4 is 16.8 Å². The van der Waals surface area contributed by atoms with Crippen LogP contribution in [0, 0.1) is 6.92 Å². The molecule has 0 saturated carbocycles. The van der Waals surface area contributed by atoms with E-state index < -0.39 is 0 Å². The van der Waals surface area contributed by atoms with Crippen LogP contribution in [0.4, 0.5) is 0 Å². The van der Waals surface area contributed by atoms with Crippen molar-refractivity contribution in [3.63, 3.8) is 0 Å². The molecular formula is C24H27N3O. The molecule has 4 heteroatoms. The maximum Gasteiger partial charge on any atom is 0.254 e. The molecule has 3 aromatic rings. The minimum atomic E-state index is 0.110. The van der Waals surface area contributed by atoms with Gasteiger partial charge in [0, 0.05) is 30.1 Å². The van der Waals surface area contributed by atoms with Gasteiger partial charge in [0.2, 0.25) is 0 Å². The standard InChI is InChI=1S/C24H27N3O/c1-17-10-12-18(13-11-17)23-15-21(20-8-4-5-9-22(20)25-23)24(28)27-14-6-7-19(16-27)26(2)3/h4-5,8-13,15,19H,6-7,14,16H2,1-3H3. The molecule has 1 amide bonds. The number of benzene rings is 2. The predicted octanol–water partition coefficient (Wildman–Crippen LogP) is 4.38. The molecule has 1 aromatic heterocycles. The van der Waals surface area contributed by atoms with Crippen LogP contribution in [0.5, 0.6) is 0 Å². The highest BCUT2D eigenvalue weighted by Gasteiger charge is 2.27. The van der Waals surface area contributed by atoms with E-state index in [1.54, 1.807) is 0 Å². The first-order valence-corrected chi connectivity index (χ1v) is 9.95. The smallest absolute Gasteiger partial charge is 0.254 e. The molecule has 0 spiro atoms. The number of para-hydroxylation sites is 1. The van der Waals surface area contributed by atoms with Crippen molar-refractivity contribution in [2.45, 2.75) is 25.8 Å². The number of carbonyl (C=O) groups is 1. The average molecular weight is 374 g/mol. The van der Waals surface area contributed by atoms with Crippen LogP contribution >= 0.6 is 0 Å². The van der Waals surface area contributed by atoms with Crippen molar-refractivity contribution in [3.05, 3.63) is 65.7 Å². The fourth-order valence-electron chi connectivity index (χ4n) is 3.96. The van der Waals surface area contributed by atoms with Gasteiger partial charge in [0.25, 0.3) is 5.91 Å². The van der Waals surface area contributed by atoms with E-state index in [-0.39, 0.29) is 5.91 Å². The largest absolute Gasteiger partial charge is 0.337 e. The third kappa shape index (κ3) is 3.65. The Hall–Kier alpha value is -2.72. The highest BCUT2D eigenvalue weighted by molar-refractivity contribution is 6.07. The number of likely N-dealkylation sites (N-methyl/N-ethyl adjacent to an activating group) is 1. The molecule has 1 unspecified atom stereocenters. The molecule has 1 atom stereocenters. The van der Waals surface area contributed by atoms with Crippen molar-refractivity contribution in [1.82, 2.24) is 14.8 Å². The summed E-state index contributed by atoms with van der Waals surface area (Å²) < 4.78 is 0. The number of aromatic nitrogens is 1. The van der Waals surface area contributed by atoms with Gasteiger partial charge in [0.15, 0.2) is 0 Å². The molecule has 1 saturated heterocycles. The molecule has 1 fully saturated rings. The van der Waals surface area contributed by atoms with Crippen LogP contribution in [-0.4, -0.2) is 53.9 Å². The van der Waals surface area contributed by atoms with E-state index >= 15 is 0 Å². The molecule has 4 rings (SSSR count). The van der Waals surface area contributed by atoms with Crippen LogP contribution in [0.2, 0.25) is 0 Å². The normalized spacial score (nSPS) is 17.3. The van der Waals surface area contributed by atoms with Gasteiger partial charge < -0.3 is 9.80 Å². The van der Waals surface area contributed by atoms with E-state index in [9.17, 15) is 4.79 Å². The van der Waals surface area contributed by atoms with Crippen molar-refractivity contribution in [2.24, 2.45) is 0 Å². The summed E-state index contributed by atoms with van der Waals surface area (Å²) in [5, 5.41) is 0.926. The van der Waals surface area contributed by atoms with Gasteiger partial charge in [-0.1, -0.05) is 48.0 Å². The Balaban J connectivity index is 1.76. The maximum absolute atomic E-state index is 13.5. The van der Waals surface area contributed by atoms with Crippen LogP contribution in [0.25, 0.3) is 22.2 Å². The van der Waals surface area contributed by atoms with Crippen LogP contribution in [0.15, 0.2) is 54.6 Å². The van der Waals surface area contributed by atoms with Gasteiger partial charge in [-0.25, -0.2) is 4.98 Å². The van der Waals surface area contributed by atoms with Gasteiger partial charge in [0.1, 0.15) is 0 Å². The van der Waals surface area contributed by atoms with Crippen LogP contribution in [0.3, 0.4) is 0 Å². The van der Waals surface area contributed by atoms with Crippen LogP contribution in [-0.2, 0) is 0 Å². The quantitative estimate of drug-likeness (QED) is 0.684. The second kappa shape index (κ2) is 7.72. The molecule has 2 aromatic carbocycles. The summed E-state index contributed by atoms with van der Waals surface area (Å²) in [5.41, 5.74) is 4.72. The van der Waals surface area contributed by atoms with Crippen molar-refractivity contribution in [3.8, 4) is 11.3 Å². The first-order chi connectivity index (χ1) is 13.5. The van der Waals surface area contributed by atoms with E-state index in [4.69, 9.17) is 4.98 Å². The fourth-order valence-corrected chi connectivity index (χ4v) is 3.96. The molecule has 1 aliphatic heterocycles. The molecule has 4 nitrogen and oxygen atoms in total. The zero-order chi connectivity index (χ0) is 19.7. The Bertz CT molecular complexity index is 994. The second-order valence-corrected chi connectivity index (χ2v) is 7.95. The number of pyridine rings is 1. The van der Waals surface area contributed by atoms with Crippen molar-refractivity contribution < 1.29 is 4.79 Å². The number of hydrogen-bond donors (Lipinski definition) is 0. The minimum absolute atomic E-state index is 0.110. The van der Waals surface area contributed by atoms with Gasteiger partial charge in [-0.15, -0.1) is 0 Å². The molecule has 0 bridgehead atoms. The number of amides is 1. The third-order valence-electron chi connectivity index (χ3n) is 5.71. The molecule has 0 N–H and O–H groups in total. The molecule has 2 heterocycles. The summed E-state index contributed by atoms with van der Waals surface area (Å²) in [6.45, 7) is 3.67. The zero-order valence-electron chi connectivity index (χ0n) is 16.9. The van der Waals surface area contributed by atoms with E-state index in [0.717, 1.165) is 53.7 Å². The number of fused-ring (bicyclic) bond motifs is 1. The summed E-state index contributed by atoms with van der Waals surface area (Å²) >= 11 is 0. The Labute approximate surface area is 166 Å². The highest BCUT2D eigenvalue weighted by atomic mass is 16.2. The lowest BCUT2D eigenvalue weighted by Crippen LogP contribution is -2.47. The first-order valence-electron chi connectivity index (χ1n) is 9.95. The molecule has 28 heavy (non-hydrogen) atoms. The molecule has 144 valence electrons. The lowest BCUT2D eigenvalue weighted by molar-refractivity contribution is 0.0637. The summed E-state index contributed by atoms with van der Waals surface area (Å²) in [6.07, 6.45) is 2.19. The van der Waals surface area contributed by atoms with Crippen LogP contribution < -0.4 is 0 Å². The number of piperidine rings is 1. The molecule has 1 aliphatic rings. The number of rotatable bonds is 3. The van der Waals surface area contributed by atoms with Gasteiger partial charge in [-0.2, -0.15) is 0 Å². The number of carbonyl (C=O) groups excluding carboxylic acids is 1. The first kappa shape index (κ1) is 18.6. The Morgan fingerprint density at radius 1 is 1.11 bits per heavy atom. The second-order valence-electron chi connectivity index (χ2n) is 7.95. The highest BCUT2D eigenvalue weighted by Crippen LogP contribution is 2.27. The zero-order valence-corrected chi connectivity index (χ0v) is 16.9. The number of nitrogens with zero attached hydrogens (tertiary/aromatic N) is 3. The lowest BCUT2D eigenvalue weighted by atomic mass is 10.00. The summed E-state index contributed by atoms with van der Waals surface area (Å²) in [5.74, 6) is 0.110. The summed E-state index contributed by atoms with van der Waals surface area (Å²) in [4.78, 5) is 22.6.